The summed E-state index contributed by atoms with van der Waals surface area (Å²) in [5, 5.41) is 13.3. The van der Waals surface area contributed by atoms with Gasteiger partial charge in [0.15, 0.2) is 0 Å². The van der Waals surface area contributed by atoms with Gasteiger partial charge in [-0.25, -0.2) is 0 Å². The Balaban J connectivity index is 0.000000335. The van der Waals surface area contributed by atoms with E-state index in [-0.39, 0.29) is 18.2 Å². The molecule has 9 nitrogen and oxygen atoms in total. The number of aromatic nitrogens is 1. The highest BCUT2D eigenvalue weighted by Crippen LogP contribution is 2.13. The van der Waals surface area contributed by atoms with Crippen molar-refractivity contribution in [1.29, 1.82) is 0 Å². The third kappa shape index (κ3) is 7.50. The fourth-order valence-electron chi connectivity index (χ4n) is 1.48. The van der Waals surface area contributed by atoms with Crippen molar-refractivity contribution in [3.05, 3.63) is 28.4 Å². The molecule has 0 spiro atoms. The van der Waals surface area contributed by atoms with E-state index in [1.807, 2.05) is 0 Å². The molecule has 0 bridgehead atoms. The van der Waals surface area contributed by atoms with Crippen molar-refractivity contribution in [2.75, 3.05) is 45.4 Å². The molecule has 1 aliphatic rings. The normalized spacial score (nSPS) is 13.5. The molecular weight excluding hydrogens is 294 g/mol. The molecule has 22 heavy (non-hydrogen) atoms. The van der Waals surface area contributed by atoms with Crippen LogP contribution in [0.25, 0.3) is 0 Å². The molecule has 2 heterocycles. The van der Waals surface area contributed by atoms with Gasteiger partial charge < -0.3 is 29.6 Å². The standard InChI is InChI=1S/C9H11N3O4.C4H8O2/c1-16-9(13)3-5-10-7-2-4-11-8(6-7)12(14)15;1-2-6-4-3-5-1/h2,4,6H,3,5H2,1H3,(H,10,11);1-4H2. The minimum absolute atomic E-state index is 0.201. The van der Waals surface area contributed by atoms with E-state index >= 15 is 0 Å². The monoisotopic (exact) mass is 313 g/mol. The summed E-state index contributed by atoms with van der Waals surface area (Å²) in [5.74, 6) is -0.570. The Morgan fingerprint density at radius 2 is 2.05 bits per heavy atom. The first-order valence-electron chi connectivity index (χ1n) is 6.70. The van der Waals surface area contributed by atoms with Crippen molar-refractivity contribution in [2.24, 2.45) is 0 Å². The Morgan fingerprint density at radius 3 is 2.55 bits per heavy atom. The predicted octanol–water partition coefficient (Wildman–Crippen LogP) is 0.998. The molecule has 1 saturated heterocycles. The molecule has 9 heteroatoms. The highest BCUT2D eigenvalue weighted by Gasteiger charge is 2.07. The zero-order valence-corrected chi connectivity index (χ0v) is 12.3. The van der Waals surface area contributed by atoms with E-state index in [2.05, 4.69) is 15.0 Å². The summed E-state index contributed by atoms with van der Waals surface area (Å²) in [6, 6.07) is 2.89. The lowest BCUT2D eigenvalue weighted by atomic mass is 10.3. The number of nitrogens with one attached hydrogen (secondary N) is 1. The van der Waals surface area contributed by atoms with Crippen LogP contribution in [-0.2, 0) is 19.0 Å². The van der Waals surface area contributed by atoms with E-state index in [1.54, 1.807) is 6.07 Å². The number of esters is 1. The highest BCUT2D eigenvalue weighted by atomic mass is 16.6. The van der Waals surface area contributed by atoms with Crippen LogP contribution in [-0.4, -0.2) is 56.0 Å². The fraction of sp³-hybridized carbons (Fsp3) is 0.538. The molecule has 1 aliphatic heterocycles. The molecule has 0 saturated carbocycles. The average molecular weight is 313 g/mol. The molecule has 1 aromatic heterocycles. The number of hydrogen-bond acceptors (Lipinski definition) is 8. The zero-order chi connectivity index (χ0) is 16.2. The van der Waals surface area contributed by atoms with Crippen LogP contribution in [0, 0.1) is 10.1 Å². The van der Waals surface area contributed by atoms with Gasteiger partial charge in [-0.1, -0.05) is 0 Å². The summed E-state index contributed by atoms with van der Waals surface area (Å²) in [4.78, 5) is 24.2. The minimum atomic E-state index is -0.578. The van der Waals surface area contributed by atoms with Gasteiger partial charge in [-0.3, -0.25) is 4.79 Å². The Kier molecular flexibility index (Phi) is 8.46. The number of rotatable bonds is 5. The van der Waals surface area contributed by atoms with E-state index in [0.717, 1.165) is 26.4 Å². The maximum atomic E-state index is 10.8. The van der Waals surface area contributed by atoms with Gasteiger partial charge in [0.1, 0.15) is 6.20 Å². The topological polar surface area (TPSA) is 113 Å². The molecule has 0 atom stereocenters. The van der Waals surface area contributed by atoms with Crippen LogP contribution in [0.15, 0.2) is 18.3 Å². The molecule has 0 amide bonds. The summed E-state index contributed by atoms with van der Waals surface area (Å²) in [5.41, 5.74) is 0.547. The maximum Gasteiger partial charge on any atom is 0.365 e. The molecule has 1 aromatic rings. The van der Waals surface area contributed by atoms with Crippen molar-refractivity contribution < 1.29 is 23.9 Å². The van der Waals surface area contributed by atoms with Crippen molar-refractivity contribution in [3.63, 3.8) is 0 Å². The van der Waals surface area contributed by atoms with Crippen molar-refractivity contribution in [1.82, 2.24) is 4.98 Å². The fourth-order valence-corrected chi connectivity index (χ4v) is 1.48. The smallest absolute Gasteiger partial charge is 0.365 e. The summed E-state index contributed by atoms with van der Waals surface area (Å²) in [6.07, 6.45) is 1.53. The van der Waals surface area contributed by atoms with Crippen molar-refractivity contribution >= 4 is 17.5 Å². The number of anilines is 1. The lowest BCUT2D eigenvalue weighted by Crippen LogP contribution is -2.16. The van der Waals surface area contributed by atoms with Crippen LogP contribution in [0.3, 0.4) is 0 Å². The van der Waals surface area contributed by atoms with Gasteiger partial charge >= 0.3 is 11.8 Å². The van der Waals surface area contributed by atoms with E-state index in [0.29, 0.717) is 12.2 Å². The molecule has 0 radical (unpaired) electrons. The van der Waals surface area contributed by atoms with Gasteiger partial charge in [-0.15, -0.1) is 0 Å². The molecule has 0 aliphatic carbocycles. The first-order chi connectivity index (χ1) is 10.6. The quantitative estimate of drug-likeness (QED) is 0.486. The minimum Gasteiger partial charge on any atom is -0.469 e. The van der Waals surface area contributed by atoms with Crippen LogP contribution in [0.1, 0.15) is 6.42 Å². The Morgan fingerprint density at radius 1 is 1.41 bits per heavy atom. The SMILES string of the molecule is C1COCCO1.COC(=O)CCNc1ccnc([N+](=O)[O-])c1. The van der Waals surface area contributed by atoms with E-state index in [9.17, 15) is 14.9 Å². The van der Waals surface area contributed by atoms with Gasteiger partial charge in [-0.05, 0) is 9.91 Å². The van der Waals surface area contributed by atoms with Gasteiger partial charge in [0, 0.05) is 18.3 Å². The molecule has 122 valence electrons. The molecule has 1 N–H and O–H groups in total. The number of hydrogen-bond donors (Lipinski definition) is 1. The molecule has 2 rings (SSSR count). The van der Waals surface area contributed by atoms with E-state index in [1.165, 1.54) is 19.4 Å². The van der Waals surface area contributed by atoms with Crippen LogP contribution in [0.5, 0.6) is 0 Å². The Labute approximate surface area is 127 Å². The van der Waals surface area contributed by atoms with Gasteiger partial charge in [0.2, 0.25) is 0 Å². The molecule has 0 unspecified atom stereocenters. The summed E-state index contributed by atoms with van der Waals surface area (Å²) in [6.45, 7) is 3.47. The zero-order valence-electron chi connectivity index (χ0n) is 12.3. The lowest BCUT2D eigenvalue weighted by molar-refractivity contribution is -0.389. The summed E-state index contributed by atoms with van der Waals surface area (Å²) < 4.78 is 14.3. The molecular formula is C13H19N3O6. The second-order valence-electron chi connectivity index (χ2n) is 4.14. The van der Waals surface area contributed by atoms with Crippen molar-refractivity contribution in [3.8, 4) is 0 Å². The number of methoxy groups -OCH3 is 1. The first-order valence-corrected chi connectivity index (χ1v) is 6.70. The van der Waals surface area contributed by atoms with Crippen LogP contribution >= 0.6 is 0 Å². The van der Waals surface area contributed by atoms with E-state index < -0.39 is 4.92 Å². The average Bonchev–Trinajstić information content (AvgIpc) is 2.57. The van der Waals surface area contributed by atoms with Gasteiger partial charge in [-0.2, -0.15) is 0 Å². The number of pyridine rings is 1. The second kappa shape index (κ2) is 10.5. The van der Waals surface area contributed by atoms with Gasteiger partial charge in [0.25, 0.3) is 0 Å². The third-order valence-electron chi connectivity index (χ3n) is 2.56. The second-order valence-corrected chi connectivity index (χ2v) is 4.14. The Bertz CT molecular complexity index is 467. The van der Waals surface area contributed by atoms with E-state index in [4.69, 9.17) is 9.47 Å². The van der Waals surface area contributed by atoms with Crippen molar-refractivity contribution in [2.45, 2.75) is 6.42 Å². The Hall–Kier alpha value is -2.26. The first kappa shape index (κ1) is 17.8. The van der Waals surface area contributed by atoms with Crippen LogP contribution in [0.2, 0.25) is 0 Å². The third-order valence-corrected chi connectivity index (χ3v) is 2.56. The molecule has 1 fully saturated rings. The number of carbonyl (C=O) groups excluding carboxylic acids is 1. The number of ether oxygens (including phenoxy) is 3. The summed E-state index contributed by atoms with van der Waals surface area (Å²) >= 11 is 0. The van der Waals surface area contributed by atoms with Gasteiger partial charge in [0.05, 0.1) is 46.0 Å². The van der Waals surface area contributed by atoms with Crippen LogP contribution in [0.4, 0.5) is 11.5 Å². The summed E-state index contributed by atoms with van der Waals surface area (Å²) in [7, 11) is 1.31. The lowest BCUT2D eigenvalue weighted by Gasteiger charge is -2.09. The predicted molar refractivity (Wildman–Crippen MR) is 77.7 cm³/mol. The highest BCUT2D eigenvalue weighted by molar-refractivity contribution is 5.69. The van der Waals surface area contributed by atoms with Crippen LogP contribution < -0.4 is 5.32 Å². The maximum absolute atomic E-state index is 10.8. The number of nitrogens with zero attached hydrogens (tertiary/aromatic N) is 2. The molecule has 0 aromatic carbocycles. The number of nitro groups is 1. The largest absolute Gasteiger partial charge is 0.469 e. The number of carbonyl (C=O) groups is 1.